The molecule has 2 N–H and O–H groups in total. The molecule has 1 unspecified atom stereocenters. The van der Waals surface area contributed by atoms with Crippen LogP contribution in [0.2, 0.25) is 0 Å². The molecule has 1 aromatic rings. The van der Waals surface area contributed by atoms with E-state index in [0.29, 0.717) is 6.54 Å². The Morgan fingerprint density at radius 1 is 1.33 bits per heavy atom. The number of hydrogen-bond donors (Lipinski definition) is 2. The number of ether oxygens (including phenoxy) is 1. The Morgan fingerprint density at radius 3 is 2.76 bits per heavy atom. The maximum atomic E-state index is 12.0. The van der Waals surface area contributed by atoms with Crippen LogP contribution < -0.4 is 4.90 Å². The Bertz CT molecular complexity index is 479. The molecule has 0 radical (unpaired) electrons. The molecule has 0 spiro atoms. The van der Waals surface area contributed by atoms with Crippen molar-refractivity contribution in [3.05, 3.63) is 29.3 Å². The largest absolute Gasteiger partial charge is 0.411 e. The van der Waals surface area contributed by atoms with Gasteiger partial charge >= 0.3 is 6.18 Å². The van der Waals surface area contributed by atoms with Crippen molar-refractivity contribution in [1.82, 2.24) is 0 Å². The topological polar surface area (TPSA) is 52.9 Å². The van der Waals surface area contributed by atoms with Gasteiger partial charge in [-0.05, 0) is 23.6 Å². The summed E-state index contributed by atoms with van der Waals surface area (Å²) in [6.45, 7) is -0.876. The summed E-state index contributed by atoms with van der Waals surface area (Å²) in [7, 11) is 0. The standard InChI is InChI=1S/C14H18F3NO3/c15-14(16,17)9-21-8-12(20)6-18-4-3-11-2-1-10(7-19)5-13(11)18/h1-2,5,12,19-20H,3-4,6-9H2. The molecule has 1 aliphatic heterocycles. The smallest absolute Gasteiger partial charge is 0.392 e. The Hall–Kier alpha value is -1.31. The van der Waals surface area contributed by atoms with Gasteiger partial charge < -0.3 is 19.8 Å². The summed E-state index contributed by atoms with van der Waals surface area (Å²) in [6, 6.07) is 5.60. The fourth-order valence-corrected chi connectivity index (χ4v) is 2.40. The lowest BCUT2D eigenvalue weighted by Gasteiger charge is -2.23. The quantitative estimate of drug-likeness (QED) is 0.836. The number of anilines is 1. The number of benzene rings is 1. The second kappa shape index (κ2) is 6.64. The summed E-state index contributed by atoms with van der Waals surface area (Å²) in [5, 5.41) is 18.9. The molecule has 118 valence electrons. The molecule has 0 aromatic heterocycles. The molecule has 0 aliphatic carbocycles. The maximum absolute atomic E-state index is 12.0. The van der Waals surface area contributed by atoms with Gasteiger partial charge in [0.15, 0.2) is 0 Å². The van der Waals surface area contributed by atoms with Crippen LogP contribution in [0.4, 0.5) is 18.9 Å². The lowest BCUT2D eigenvalue weighted by atomic mass is 10.1. The zero-order valence-corrected chi connectivity index (χ0v) is 11.4. The van der Waals surface area contributed by atoms with E-state index in [0.717, 1.165) is 23.2 Å². The second-order valence-corrected chi connectivity index (χ2v) is 5.10. The van der Waals surface area contributed by atoms with E-state index in [9.17, 15) is 18.3 Å². The van der Waals surface area contributed by atoms with Gasteiger partial charge in [0.25, 0.3) is 0 Å². The van der Waals surface area contributed by atoms with Crippen LogP contribution in [-0.2, 0) is 17.8 Å². The van der Waals surface area contributed by atoms with Crippen LogP contribution in [0.15, 0.2) is 18.2 Å². The molecule has 0 amide bonds. The Balaban J connectivity index is 1.88. The summed E-state index contributed by atoms with van der Waals surface area (Å²) in [4.78, 5) is 1.90. The van der Waals surface area contributed by atoms with Gasteiger partial charge in [-0.25, -0.2) is 0 Å². The van der Waals surface area contributed by atoms with E-state index in [4.69, 9.17) is 5.11 Å². The molecule has 0 saturated heterocycles. The highest BCUT2D eigenvalue weighted by Crippen LogP contribution is 2.29. The average molecular weight is 305 g/mol. The van der Waals surface area contributed by atoms with Crippen LogP contribution >= 0.6 is 0 Å². The third-order valence-electron chi connectivity index (χ3n) is 3.33. The molecule has 1 atom stereocenters. The van der Waals surface area contributed by atoms with Gasteiger partial charge in [0.2, 0.25) is 0 Å². The first kappa shape index (κ1) is 16.1. The fraction of sp³-hybridized carbons (Fsp3) is 0.571. The average Bonchev–Trinajstić information content (AvgIpc) is 2.79. The fourth-order valence-electron chi connectivity index (χ4n) is 2.40. The maximum Gasteiger partial charge on any atom is 0.411 e. The number of hydrogen-bond acceptors (Lipinski definition) is 4. The van der Waals surface area contributed by atoms with Gasteiger partial charge in [-0.3, -0.25) is 0 Å². The molecule has 1 heterocycles. The van der Waals surface area contributed by atoms with E-state index >= 15 is 0 Å². The normalized spacial score (nSPS) is 16.1. The van der Waals surface area contributed by atoms with Crippen molar-refractivity contribution < 1.29 is 28.1 Å². The van der Waals surface area contributed by atoms with E-state index in [-0.39, 0.29) is 19.8 Å². The Kier molecular flexibility index (Phi) is 5.08. The molecular weight excluding hydrogens is 287 g/mol. The lowest BCUT2D eigenvalue weighted by Crippen LogP contribution is -2.34. The highest BCUT2D eigenvalue weighted by molar-refractivity contribution is 5.59. The van der Waals surface area contributed by atoms with E-state index in [2.05, 4.69) is 4.74 Å². The minimum absolute atomic E-state index is 0.0711. The van der Waals surface area contributed by atoms with Gasteiger partial charge in [-0.2, -0.15) is 13.2 Å². The predicted octanol–water partition coefficient (Wildman–Crippen LogP) is 1.48. The summed E-state index contributed by atoms with van der Waals surface area (Å²) < 4.78 is 40.3. The number of aliphatic hydroxyl groups excluding tert-OH is 2. The second-order valence-electron chi connectivity index (χ2n) is 5.10. The molecular formula is C14H18F3NO3. The van der Waals surface area contributed by atoms with Crippen molar-refractivity contribution in [1.29, 1.82) is 0 Å². The number of β-amino-alcohol motifs (C(OH)–C–C–N with tert-alkyl or cyclic N) is 1. The van der Waals surface area contributed by atoms with E-state index in [1.165, 1.54) is 0 Å². The van der Waals surface area contributed by atoms with Gasteiger partial charge in [0.05, 0.1) is 19.3 Å². The molecule has 1 aliphatic rings. The molecule has 21 heavy (non-hydrogen) atoms. The van der Waals surface area contributed by atoms with Gasteiger partial charge in [-0.15, -0.1) is 0 Å². The molecule has 7 heteroatoms. The van der Waals surface area contributed by atoms with Crippen molar-refractivity contribution in [2.45, 2.75) is 25.3 Å². The van der Waals surface area contributed by atoms with Crippen LogP contribution in [0.3, 0.4) is 0 Å². The summed E-state index contributed by atoms with van der Waals surface area (Å²) in [5.74, 6) is 0. The van der Waals surface area contributed by atoms with Crippen molar-refractivity contribution >= 4 is 5.69 Å². The molecule has 0 bridgehead atoms. The number of alkyl halides is 3. The first-order valence-electron chi connectivity index (χ1n) is 6.69. The van der Waals surface area contributed by atoms with Gasteiger partial charge in [0, 0.05) is 18.8 Å². The predicted molar refractivity (Wildman–Crippen MR) is 71.2 cm³/mol. The molecule has 1 aromatic carbocycles. The van der Waals surface area contributed by atoms with Crippen molar-refractivity contribution in [3.8, 4) is 0 Å². The molecule has 0 fully saturated rings. The third kappa shape index (κ3) is 4.59. The number of fused-ring (bicyclic) bond motifs is 1. The zero-order valence-electron chi connectivity index (χ0n) is 11.4. The van der Waals surface area contributed by atoms with Gasteiger partial charge in [-0.1, -0.05) is 12.1 Å². The Labute approximate surface area is 120 Å². The van der Waals surface area contributed by atoms with Crippen LogP contribution in [0, 0.1) is 0 Å². The number of nitrogens with zero attached hydrogens (tertiary/aromatic N) is 1. The van der Waals surface area contributed by atoms with Crippen LogP contribution in [0.1, 0.15) is 11.1 Å². The molecule has 4 nitrogen and oxygen atoms in total. The molecule has 0 saturated carbocycles. The summed E-state index contributed by atoms with van der Waals surface area (Å²) in [5.41, 5.74) is 2.79. The highest BCUT2D eigenvalue weighted by Gasteiger charge is 2.28. The molecule has 2 rings (SSSR count). The van der Waals surface area contributed by atoms with Crippen LogP contribution in [0.25, 0.3) is 0 Å². The Morgan fingerprint density at radius 2 is 2.10 bits per heavy atom. The van der Waals surface area contributed by atoms with Crippen LogP contribution in [-0.4, -0.2) is 48.8 Å². The first-order chi connectivity index (χ1) is 9.89. The zero-order chi connectivity index (χ0) is 15.5. The third-order valence-corrected chi connectivity index (χ3v) is 3.33. The van der Waals surface area contributed by atoms with E-state index in [1.807, 2.05) is 23.1 Å². The lowest BCUT2D eigenvalue weighted by molar-refractivity contribution is -0.178. The number of aliphatic hydroxyl groups is 2. The minimum Gasteiger partial charge on any atom is -0.392 e. The van der Waals surface area contributed by atoms with Crippen molar-refractivity contribution in [2.24, 2.45) is 0 Å². The summed E-state index contributed by atoms with van der Waals surface area (Å²) >= 11 is 0. The number of halogens is 3. The minimum atomic E-state index is -4.38. The van der Waals surface area contributed by atoms with E-state index < -0.39 is 18.9 Å². The number of rotatable bonds is 6. The van der Waals surface area contributed by atoms with Gasteiger partial charge in [0.1, 0.15) is 6.61 Å². The SMILES string of the molecule is OCc1ccc2c(c1)N(CC(O)COCC(F)(F)F)CC2. The van der Waals surface area contributed by atoms with Crippen LogP contribution in [0.5, 0.6) is 0 Å². The van der Waals surface area contributed by atoms with Crippen molar-refractivity contribution in [3.63, 3.8) is 0 Å². The summed E-state index contributed by atoms with van der Waals surface area (Å²) in [6.07, 6.45) is -4.55. The van der Waals surface area contributed by atoms with E-state index in [1.54, 1.807) is 0 Å². The van der Waals surface area contributed by atoms with Crippen molar-refractivity contribution in [2.75, 3.05) is 31.2 Å². The first-order valence-corrected chi connectivity index (χ1v) is 6.69. The highest BCUT2D eigenvalue weighted by atomic mass is 19.4. The monoisotopic (exact) mass is 305 g/mol.